The predicted molar refractivity (Wildman–Crippen MR) is 134 cm³/mol. The summed E-state index contributed by atoms with van der Waals surface area (Å²) in [5.74, 6) is 0.638. The molecule has 1 heterocycles. The molecule has 0 radical (unpaired) electrons. The summed E-state index contributed by atoms with van der Waals surface area (Å²) >= 11 is 3.50. The predicted octanol–water partition coefficient (Wildman–Crippen LogP) is 4.87. The molecule has 1 amide bonds. The van der Waals surface area contributed by atoms with Crippen LogP contribution < -0.4 is 15.5 Å². The molecule has 0 saturated heterocycles. The van der Waals surface area contributed by atoms with Crippen LogP contribution in [0.3, 0.4) is 0 Å². The van der Waals surface area contributed by atoms with Crippen molar-refractivity contribution in [1.82, 2.24) is 10.2 Å². The van der Waals surface area contributed by atoms with Crippen LogP contribution in [0.25, 0.3) is 0 Å². The number of hydrogen-bond donors (Lipinski definition) is 2. The van der Waals surface area contributed by atoms with E-state index in [1.54, 1.807) is 18.2 Å². The van der Waals surface area contributed by atoms with Crippen molar-refractivity contribution in [2.75, 3.05) is 29.6 Å². The largest absolute Gasteiger partial charge is 0.460 e. The summed E-state index contributed by atoms with van der Waals surface area (Å²) in [5, 5.41) is 14.5. The van der Waals surface area contributed by atoms with Gasteiger partial charge in [0.2, 0.25) is 0 Å². The van der Waals surface area contributed by atoms with E-state index in [0.29, 0.717) is 17.2 Å². The second-order valence-electron chi connectivity index (χ2n) is 9.54. The molecule has 8 nitrogen and oxygen atoms in total. The maximum absolute atomic E-state index is 13.0. The van der Waals surface area contributed by atoms with E-state index >= 15 is 0 Å². The van der Waals surface area contributed by atoms with Gasteiger partial charge < -0.3 is 20.3 Å². The number of carbonyl (C=O) groups excluding carboxylic acids is 2. The lowest BCUT2D eigenvalue weighted by Gasteiger charge is -2.31. The van der Waals surface area contributed by atoms with E-state index in [-0.39, 0.29) is 23.8 Å². The number of anilines is 3. The second kappa shape index (κ2) is 10.5. The Labute approximate surface area is 203 Å². The molecule has 33 heavy (non-hydrogen) atoms. The van der Waals surface area contributed by atoms with Gasteiger partial charge in [-0.15, -0.1) is 10.2 Å². The molecule has 1 fully saturated rings. The van der Waals surface area contributed by atoms with Gasteiger partial charge in [-0.25, -0.2) is 0 Å². The van der Waals surface area contributed by atoms with Crippen LogP contribution in [0.4, 0.5) is 17.3 Å². The Bertz CT molecular complexity index is 981. The second-order valence-corrected chi connectivity index (χ2v) is 10.5. The van der Waals surface area contributed by atoms with E-state index in [2.05, 4.69) is 36.8 Å². The van der Waals surface area contributed by atoms with Gasteiger partial charge >= 0.3 is 5.97 Å². The normalized spacial score (nSPS) is 18.4. The van der Waals surface area contributed by atoms with Gasteiger partial charge in [0.15, 0.2) is 11.6 Å². The van der Waals surface area contributed by atoms with Gasteiger partial charge in [0, 0.05) is 30.3 Å². The highest BCUT2D eigenvalue weighted by Gasteiger charge is 2.30. The van der Waals surface area contributed by atoms with Crippen molar-refractivity contribution in [2.24, 2.45) is 5.92 Å². The summed E-state index contributed by atoms with van der Waals surface area (Å²) in [5.41, 5.74) is 0.786. The number of nitrogens with one attached hydrogen (secondary N) is 2. The Morgan fingerprint density at radius 1 is 1.06 bits per heavy atom. The lowest BCUT2D eigenvalue weighted by Crippen LogP contribution is -2.34. The first-order chi connectivity index (χ1) is 15.5. The minimum Gasteiger partial charge on any atom is -0.460 e. The van der Waals surface area contributed by atoms with E-state index in [4.69, 9.17) is 4.74 Å². The van der Waals surface area contributed by atoms with Gasteiger partial charge in [-0.05, 0) is 76.8 Å². The third-order valence-electron chi connectivity index (χ3n) is 5.40. The highest BCUT2D eigenvalue weighted by atomic mass is 79.9. The molecule has 2 aromatic rings. The van der Waals surface area contributed by atoms with Crippen LogP contribution in [0, 0.1) is 5.92 Å². The highest BCUT2D eigenvalue weighted by Crippen LogP contribution is 2.31. The smallest absolute Gasteiger partial charge is 0.309 e. The van der Waals surface area contributed by atoms with Crippen molar-refractivity contribution >= 4 is 45.1 Å². The Hall–Kier alpha value is -2.68. The van der Waals surface area contributed by atoms with Crippen LogP contribution in [-0.2, 0) is 9.53 Å². The van der Waals surface area contributed by atoms with Gasteiger partial charge in [-0.1, -0.05) is 15.9 Å². The molecule has 3 rings (SSSR count). The molecule has 0 bridgehead atoms. The molecule has 0 aliphatic heterocycles. The van der Waals surface area contributed by atoms with Gasteiger partial charge in [0.25, 0.3) is 5.91 Å². The van der Waals surface area contributed by atoms with Gasteiger partial charge in [0.05, 0.1) is 11.5 Å². The zero-order valence-corrected chi connectivity index (χ0v) is 21.4. The van der Waals surface area contributed by atoms with Crippen LogP contribution in [0.2, 0.25) is 0 Å². The van der Waals surface area contributed by atoms with E-state index in [1.807, 2.05) is 51.9 Å². The number of esters is 1. The van der Waals surface area contributed by atoms with Crippen LogP contribution >= 0.6 is 15.9 Å². The number of halogens is 1. The number of aromatic nitrogens is 2. The minimum atomic E-state index is -0.470. The Kier molecular flexibility index (Phi) is 7.94. The highest BCUT2D eigenvalue weighted by molar-refractivity contribution is 9.10. The third kappa shape index (κ3) is 7.15. The van der Waals surface area contributed by atoms with Crippen molar-refractivity contribution in [1.29, 1.82) is 0 Å². The fourth-order valence-electron chi connectivity index (χ4n) is 3.73. The molecule has 0 spiro atoms. The quantitative estimate of drug-likeness (QED) is 0.527. The third-order valence-corrected chi connectivity index (χ3v) is 5.90. The van der Waals surface area contributed by atoms with Crippen molar-refractivity contribution in [3.8, 4) is 0 Å². The first-order valence-corrected chi connectivity index (χ1v) is 11.9. The van der Waals surface area contributed by atoms with E-state index in [9.17, 15) is 9.59 Å². The van der Waals surface area contributed by atoms with Crippen molar-refractivity contribution in [2.45, 2.75) is 58.1 Å². The van der Waals surface area contributed by atoms with Crippen LogP contribution in [0.15, 0.2) is 34.8 Å². The standard InChI is InChI=1S/C24H32BrN5O3/c1-24(2,3)33-23(32)15-6-9-17(10-7-15)26-19-14-16(25)8-11-18(19)22(31)27-20-12-13-21(29-28-20)30(4)5/h8,11-15,17,26H,6-7,9-10H2,1-5H3,(H,27,28,31). The average molecular weight is 518 g/mol. The van der Waals surface area contributed by atoms with Gasteiger partial charge in [0.1, 0.15) is 5.60 Å². The summed E-state index contributed by atoms with van der Waals surface area (Å²) in [4.78, 5) is 27.2. The lowest BCUT2D eigenvalue weighted by atomic mass is 9.85. The molecular formula is C24H32BrN5O3. The molecule has 1 aliphatic carbocycles. The SMILES string of the molecule is CN(C)c1ccc(NC(=O)c2ccc(Br)cc2NC2CCC(C(=O)OC(C)(C)C)CC2)nn1. The number of ether oxygens (including phenoxy) is 1. The Morgan fingerprint density at radius 3 is 2.33 bits per heavy atom. The summed E-state index contributed by atoms with van der Waals surface area (Å²) in [7, 11) is 3.76. The molecule has 2 N–H and O–H groups in total. The van der Waals surface area contributed by atoms with E-state index in [1.165, 1.54) is 0 Å². The average Bonchev–Trinajstić information content (AvgIpc) is 2.73. The summed E-state index contributed by atoms with van der Waals surface area (Å²) in [6, 6.07) is 9.20. The number of amides is 1. The van der Waals surface area contributed by atoms with E-state index in [0.717, 1.165) is 35.8 Å². The van der Waals surface area contributed by atoms with Crippen molar-refractivity contribution in [3.63, 3.8) is 0 Å². The number of benzene rings is 1. The number of hydrogen-bond acceptors (Lipinski definition) is 7. The molecule has 1 saturated carbocycles. The molecule has 1 aromatic heterocycles. The van der Waals surface area contributed by atoms with Crippen LogP contribution in [0.5, 0.6) is 0 Å². The molecule has 0 unspecified atom stereocenters. The zero-order chi connectivity index (χ0) is 24.2. The Balaban J connectivity index is 1.64. The molecule has 1 aliphatic rings. The number of nitrogens with zero attached hydrogens (tertiary/aromatic N) is 3. The zero-order valence-electron chi connectivity index (χ0n) is 19.8. The van der Waals surface area contributed by atoms with Crippen molar-refractivity contribution in [3.05, 3.63) is 40.4 Å². The minimum absolute atomic E-state index is 0.0729. The van der Waals surface area contributed by atoms with Crippen molar-refractivity contribution < 1.29 is 14.3 Å². The fourth-order valence-corrected chi connectivity index (χ4v) is 4.09. The first-order valence-electron chi connectivity index (χ1n) is 11.1. The van der Waals surface area contributed by atoms with E-state index < -0.39 is 5.60 Å². The number of carbonyl (C=O) groups is 2. The van der Waals surface area contributed by atoms with Crippen LogP contribution in [-0.4, -0.2) is 47.8 Å². The molecule has 9 heteroatoms. The topological polar surface area (TPSA) is 96.5 Å². The summed E-state index contributed by atoms with van der Waals surface area (Å²) in [6.45, 7) is 5.67. The molecule has 1 aromatic carbocycles. The maximum atomic E-state index is 13.0. The monoisotopic (exact) mass is 517 g/mol. The molecule has 178 valence electrons. The van der Waals surface area contributed by atoms with Gasteiger partial charge in [-0.2, -0.15) is 0 Å². The number of rotatable bonds is 6. The summed E-state index contributed by atoms with van der Waals surface area (Å²) in [6.07, 6.45) is 3.18. The maximum Gasteiger partial charge on any atom is 0.309 e. The fraction of sp³-hybridized carbons (Fsp3) is 0.500. The molecular weight excluding hydrogens is 486 g/mol. The first kappa shape index (κ1) is 25.0. The lowest BCUT2D eigenvalue weighted by molar-refractivity contribution is -0.161. The summed E-state index contributed by atoms with van der Waals surface area (Å²) < 4.78 is 6.42. The molecule has 0 atom stereocenters. The van der Waals surface area contributed by atoms with Gasteiger partial charge in [-0.3, -0.25) is 9.59 Å². The van der Waals surface area contributed by atoms with Crippen LogP contribution in [0.1, 0.15) is 56.8 Å². The Morgan fingerprint density at radius 2 is 1.76 bits per heavy atom.